The van der Waals surface area contributed by atoms with Crippen molar-refractivity contribution >= 4 is 40.5 Å². The van der Waals surface area contributed by atoms with E-state index in [1.807, 2.05) is 33.3 Å². The first-order valence-electron chi connectivity index (χ1n) is 9.38. The van der Waals surface area contributed by atoms with Gasteiger partial charge in [0, 0.05) is 4.88 Å². The summed E-state index contributed by atoms with van der Waals surface area (Å²) >= 11 is 3.17. The first-order valence-corrected chi connectivity index (χ1v) is 11.1. The molecule has 0 bridgehead atoms. The summed E-state index contributed by atoms with van der Waals surface area (Å²) in [7, 11) is 5.94. The maximum Gasteiger partial charge on any atom is 0.430 e. The molecule has 1 amide bonds. The summed E-state index contributed by atoms with van der Waals surface area (Å²) in [4.78, 5) is 34.1. The number of aliphatic carboxylic acids is 2. The van der Waals surface area contributed by atoms with Crippen LogP contribution in [0.4, 0.5) is 13.2 Å². The predicted octanol–water partition coefficient (Wildman–Crippen LogP) is 2.17. The van der Waals surface area contributed by atoms with Crippen LogP contribution in [-0.4, -0.2) is 67.3 Å². The molecular weight excluding hydrogens is 469 g/mol. The molecule has 0 saturated carbocycles. The van der Waals surface area contributed by atoms with Gasteiger partial charge in [0.15, 0.2) is 0 Å². The van der Waals surface area contributed by atoms with E-state index in [9.17, 15) is 22.8 Å². The van der Waals surface area contributed by atoms with Gasteiger partial charge in [-0.25, -0.2) is 0 Å². The van der Waals surface area contributed by atoms with Crippen LogP contribution in [0.15, 0.2) is 29.0 Å². The predicted molar refractivity (Wildman–Crippen MR) is 114 cm³/mol. The molecule has 1 atom stereocenters. The van der Waals surface area contributed by atoms with Crippen molar-refractivity contribution in [3.8, 4) is 0 Å². The van der Waals surface area contributed by atoms with Gasteiger partial charge in [-0.3, -0.25) is 9.59 Å². The van der Waals surface area contributed by atoms with E-state index in [0.29, 0.717) is 15.9 Å². The van der Waals surface area contributed by atoms with Gasteiger partial charge in [0.2, 0.25) is 0 Å². The molecule has 0 radical (unpaired) electrons. The minimum absolute atomic E-state index is 0.0718. The molecule has 178 valence electrons. The molecule has 0 saturated heterocycles. The molecule has 1 unspecified atom stereocenters. The van der Waals surface area contributed by atoms with E-state index in [1.165, 1.54) is 16.9 Å². The van der Waals surface area contributed by atoms with Crippen LogP contribution >= 0.6 is 22.7 Å². The van der Waals surface area contributed by atoms with Crippen LogP contribution in [0, 0.1) is 0 Å². The van der Waals surface area contributed by atoms with Crippen LogP contribution in [0.25, 0.3) is 0 Å². The van der Waals surface area contributed by atoms with E-state index >= 15 is 0 Å². The zero-order valence-electron chi connectivity index (χ0n) is 17.8. The standard InChI is InChI=1S/C18H24N2O3S2.C2HF3O2/c1-20(2,3)11-14(10-17(21)22)19-18(23)16-7-6-15(25-16)5-4-13-8-9-24-12-13;3-2(4,5)1(6)7/h6-9,12,14H,4-5,10-11H2,1-3H3,(H-,19,21,22,23);(H,6,7). The number of aryl methyl sites for hydroxylation is 2. The van der Waals surface area contributed by atoms with Gasteiger partial charge in [0.05, 0.1) is 45.0 Å². The average molecular weight is 495 g/mol. The Hall–Kier alpha value is -2.44. The largest absolute Gasteiger partial charge is 0.542 e. The SMILES string of the molecule is C[N+](C)(C)CC(CC(=O)O)NC(=O)c1ccc(CCc2ccsc2)s1.O=C([O-])C(F)(F)F. The third-order valence-electron chi connectivity index (χ3n) is 3.88. The highest BCUT2D eigenvalue weighted by atomic mass is 32.1. The Morgan fingerprint density at radius 2 is 1.78 bits per heavy atom. The summed E-state index contributed by atoms with van der Waals surface area (Å²) in [5.74, 6) is -4.10. The summed E-state index contributed by atoms with van der Waals surface area (Å²) in [5, 5.41) is 24.9. The molecule has 0 aromatic carbocycles. The van der Waals surface area contributed by atoms with E-state index < -0.39 is 18.1 Å². The van der Waals surface area contributed by atoms with E-state index in [0.717, 1.165) is 17.7 Å². The number of hydrogen-bond acceptors (Lipinski definition) is 6. The van der Waals surface area contributed by atoms with Crippen molar-refractivity contribution in [2.75, 3.05) is 27.7 Å². The number of carboxylic acids is 2. The number of hydrogen-bond donors (Lipinski definition) is 2. The van der Waals surface area contributed by atoms with Crippen molar-refractivity contribution < 1.29 is 42.3 Å². The molecule has 0 spiro atoms. The van der Waals surface area contributed by atoms with Crippen molar-refractivity contribution in [3.63, 3.8) is 0 Å². The molecule has 0 aliphatic carbocycles. The number of carbonyl (C=O) groups excluding carboxylic acids is 2. The highest BCUT2D eigenvalue weighted by Crippen LogP contribution is 2.20. The molecule has 2 N–H and O–H groups in total. The second-order valence-electron chi connectivity index (χ2n) is 7.92. The number of alkyl halides is 3. The summed E-state index contributed by atoms with van der Waals surface area (Å²) in [5.41, 5.74) is 1.31. The third-order valence-corrected chi connectivity index (χ3v) is 5.76. The third kappa shape index (κ3) is 11.3. The van der Waals surface area contributed by atoms with Crippen molar-refractivity contribution in [2.45, 2.75) is 31.5 Å². The van der Waals surface area contributed by atoms with Crippen molar-refractivity contribution in [2.24, 2.45) is 0 Å². The molecule has 0 aliphatic rings. The molecule has 2 aromatic heterocycles. The number of nitrogens with zero attached hydrogens (tertiary/aromatic N) is 1. The lowest BCUT2D eigenvalue weighted by Crippen LogP contribution is -2.49. The second-order valence-corrected chi connectivity index (χ2v) is 9.87. The molecule has 12 heteroatoms. The number of likely N-dealkylation sites (N-methyl/N-ethyl adjacent to an activating group) is 1. The minimum atomic E-state index is -5.19. The average Bonchev–Trinajstić information content (AvgIpc) is 3.29. The maximum atomic E-state index is 12.5. The Labute approximate surface area is 191 Å². The number of rotatable bonds is 9. The number of thiophene rings is 2. The number of amides is 1. The molecule has 0 fully saturated rings. The van der Waals surface area contributed by atoms with Crippen LogP contribution < -0.4 is 10.4 Å². The fraction of sp³-hybridized carbons (Fsp3) is 0.450. The zero-order valence-corrected chi connectivity index (χ0v) is 19.4. The zero-order chi connectivity index (χ0) is 24.5. The van der Waals surface area contributed by atoms with Crippen LogP contribution in [0.5, 0.6) is 0 Å². The molecular formula is C20H25F3N2O5S2. The van der Waals surface area contributed by atoms with Gasteiger partial charge in [-0.2, -0.15) is 24.5 Å². The van der Waals surface area contributed by atoms with Crippen LogP contribution in [0.3, 0.4) is 0 Å². The highest BCUT2D eigenvalue weighted by Gasteiger charge is 2.28. The van der Waals surface area contributed by atoms with Crippen LogP contribution in [0.2, 0.25) is 0 Å². The molecule has 2 rings (SSSR count). The Balaban J connectivity index is 0.000000633. The Morgan fingerprint density at radius 1 is 1.16 bits per heavy atom. The number of nitrogens with one attached hydrogen (secondary N) is 1. The quantitative estimate of drug-likeness (QED) is 0.520. The van der Waals surface area contributed by atoms with Gasteiger partial charge in [-0.05, 0) is 47.4 Å². The van der Waals surface area contributed by atoms with E-state index in [-0.39, 0.29) is 18.4 Å². The molecule has 32 heavy (non-hydrogen) atoms. The summed E-state index contributed by atoms with van der Waals surface area (Å²) in [6.07, 6.45) is -3.39. The second kappa shape index (κ2) is 12.0. The van der Waals surface area contributed by atoms with Gasteiger partial charge >= 0.3 is 12.1 Å². The summed E-state index contributed by atoms with van der Waals surface area (Å²) < 4.78 is 32.1. The summed E-state index contributed by atoms with van der Waals surface area (Å²) in [6.45, 7) is 0.564. The fourth-order valence-corrected chi connectivity index (χ4v) is 4.24. The molecule has 2 aromatic rings. The highest BCUT2D eigenvalue weighted by molar-refractivity contribution is 7.14. The van der Waals surface area contributed by atoms with Gasteiger partial charge < -0.3 is 24.8 Å². The van der Waals surface area contributed by atoms with Gasteiger partial charge in [0.25, 0.3) is 5.91 Å². The van der Waals surface area contributed by atoms with E-state index in [2.05, 4.69) is 22.1 Å². The van der Waals surface area contributed by atoms with Gasteiger partial charge in [-0.1, -0.05) is 0 Å². The Morgan fingerprint density at radius 3 is 2.25 bits per heavy atom. The number of quaternary nitrogens is 1. The Kier molecular flexibility index (Phi) is 10.3. The molecule has 2 heterocycles. The molecule has 0 aliphatic heterocycles. The minimum Gasteiger partial charge on any atom is -0.542 e. The van der Waals surface area contributed by atoms with Crippen molar-refractivity contribution in [1.82, 2.24) is 5.32 Å². The van der Waals surface area contributed by atoms with Crippen molar-refractivity contribution in [3.05, 3.63) is 44.3 Å². The summed E-state index contributed by atoms with van der Waals surface area (Å²) in [6, 6.07) is 5.54. The molecule has 7 nitrogen and oxygen atoms in total. The fourth-order valence-electron chi connectivity index (χ4n) is 2.63. The monoisotopic (exact) mass is 494 g/mol. The first-order chi connectivity index (χ1) is 14.7. The first kappa shape index (κ1) is 27.6. The maximum absolute atomic E-state index is 12.5. The Bertz CT molecular complexity index is 890. The number of carboxylic acid groups (broad SMARTS) is 2. The van der Waals surface area contributed by atoms with E-state index in [1.54, 1.807) is 11.3 Å². The number of halogens is 3. The normalized spacial score (nSPS) is 12.4. The smallest absolute Gasteiger partial charge is 0.430 e. The lowest BCUT2D eigenvalue weighted by Gasteiger charge is -2.29. The van der Waals surface area contributed by atoms with E-state index in [4.69, 9.17) is 15.0 Å². The van der Waals surface area contributed by atoms with Crippen molar-refractivity contribution in [1.29, 1.82) is 0 Å². The van der Waals surface area contributed by atoms with Gasteiger partial charge in [0.1, 0.15) is 5.97 Å². The lowest BCUT2D eigenvalue weighted by molar-refractivity contribution is -0.871. The van der Waals surface area contributed by atoms with Gasteiger partial charge in [-0.15, -0.1) is 11.3 Å². The van der Waals surface area contributed by atoms with Crippen LogP contribution in [0.1, 0.15) is 26.5 Å². The topological polar surface area (TPSA) is 107 Å². The lowest BCUT2D eigenvalue weighted by atomic mass is 10.1. The van der Waals surface area contributed by atoms with Crippen LogP contribution in [-0.2, 0) is 22.4 Å². The number of carbonyl (C=O) groups is 3.